The maximum atomic E-state index is 12.3. The second kappa shape index (κ2) is 10.6. The summed E-state index contributed by atoms with van der Waals surface area (Å²) in [5, 5.41) is 12.0. The molecule has 2 aromatic rings. The van der Waals surface area contributed by atoms with Gasteiger partial charge in [-0.15, -0.1) is 0 Å². The number of morpholine rings is 1. The molecule has 7 nitrogen and oxygen atoms in total. The fourth-order valence-corrected chi connectivity index (χ4v) is 3.31. The van der Waals surface area contributed by atoms with Gasteiger partial charge in [0.2, 0.25) is 0 Å². The number of nitriles is 1. The monoisotopic (exact) mass is 469 g/mol. The molecule has 1 heterocycles. The van der Waals surface area contributed by atoms with E-state index >= 15 is 0 Å². The fraction of sp³-hybridized carbons (Fsp3) is 0.227. The largest absolute Gasteiger partial charge is 0.483 e. The number of benzene rings is 2. The smallest absolute Gasteiger partial charge is 0.266 e. The zero-order valence-corrected chi connectivity index (χ0v) is 17.7. The summed E-state index contributed by atoms with van der Waals surface area (Å²) in [4.78, 5) is 26.2. The predicted molar refractivity (Wildman–Crippen MR) is 116 cm³/mol. The Morgan fingerprint density at radius 3 is 2.60 bits per heavy atom. The van der Waals surface area contributed by atoms with Crippen LogP contribution < -0.4 is 10.1 Å². The lowest BCUT2D eigenvalue weighted by Gasteiger charge is -2.26. The molecule has 3 rings (SSSR count). The molecule has 0 unspecified atom stereocenters. The van der Waals surface area contributed by atoms with Gasteiger partial charge in [0.25, 0.3) is 11.8 Å². The molecule has 1 fully saturated rings. The van der Waals surface area contributed by atoms with Crippen LogP contribution in [0.15, 0.2) is 58.6 Å². The van der Waals surface area contributed by atoms with Crippen LogP contribution in [0, 0.1) is 11.3 Å². The van der Waals surface area contributed by atoms with Crippen molar-refractivity contribution in [1.82, 2.24) is 4.90 Å². The first-order valence-electron chi connectivity index (χ1n) is 9.33. The van der Waals surface area contributed by atoms with Crippen molar-refractivity contribution in [2.45, 2.75) is 0 Å². The van der Waals surface area contributed by atoms with Crippen LogP contribution >= 0.6 is 15.9 Å². The topological polar surface area (TPSA) is 91.7 Å². The summed E-state index contributed by atoms with van der Waals surface area (Å²) in [6, 6.07) is 16.0. The number of nitrogens with one attached hydrogen (secondary N) is 1. The Morgan fingerprint density at radius 1 is 1.20 bits per heavy atom. The molecule has 0 radical (unpaired) electrons. The quantitative estimate of drug-likeness (QED) is 0.517. The number of halogens is 1. The van der Waals surface area contributed by atoms with Gasteiger partial charge >= 0.3 is 0 Å². The second-order valence-electron chi connectivity index (χ2n) is 6.46. The standard InChI is InChI=1S/C22H20BrN3O4/c23-19-13-16(12-17(14-24)22(28)25-18-4-2-1-3-5-18)6-7-20(19)30-15-21(27)26-8-10-29-11-9-26/h1-7,12-13H,8-11,15H2,(H,25,28)/b17-12-. The van der Waals surface area contributed by atoms with Crippen LogP contribution in [0.4, 0.5) is 5.69 Å². The van der Waals surface area contributed by atoms with Crippen molar-refractivity contribution in [3.8, 4) is 11.8 Å². The molecule has 0 spiro atoms. The molecule has 1 N–H and O–H groups in total. The predicted octanol–water partition coefficient (Wildman–Crippen LogP) is 3.23. The first kappa shape index (κ1) is 21.6. The van der Waals surface area contributed by atoms with Crippen molar-refractivity contribution in [3.05, 3.63) is 64.1 Å². The number of hydrogen-bond donors (Lipinski definition) is 1. The summed E-state index contributed by atoms with van der Waals surface area (Å²) in [6.45, 7) is 2.13. The van der Waals surface area contributed by atoms with E-state index in [1.807, 2.05) is 12.1 Å². The van der Waals surface area contributed by atoms with Gasteiger partial charge in [-0.3, -0.25) is 9.59 Å². The number of ether oxygens (including phenoxy) is 2. The number of nitrogens with zero attached hydrogens (tertiary/aromatic N) is 2. The zero-order chi connectivity index (χ0) is 21.3. The van der Waals surface area contributed by atoms with Crippen molar-refractivity contribution in [2.24, 2.45) is 0 Å². The minimum Gasteiger partial charge on any atom is -0.483 e. The van der Waals surface area contributed by atoms with Crippen molar-refractivity contribution in [2.75, 3.05) is 38.2 Å². The van der Waals surface area contributed by atoms with Gasteiger partial charge in [-0.25, -0.2) is 0 Å². The lowest BCUT2D eigenvalue weighted by Crippen LogP contribution is -2.43. The molecular formula is C22H20BrN3O4. The van der Waals surface area contributed by atoms with Crippen LogP contribution in [0.25, 0.3) is 6.08 Å². The number of para-hydroxylation sites is 1. The highest BCUT2D eigenvalue weighted by Crippen LogP contribution is 2.27. The molecule has 1 aliphatic heterocycles. The van der Waals surface area contributed by atoms with Crippen LogP contribution in [-0.2, 0) is 14.3 Å². The molecule has 1 saturated heterocycles. The van der Waals surface area contributed by atoms with Crippen LogP contribution in [0.3, 0.4) is 0 Å². The Hall–Kier alpha value is -3.15. The number of amides is 2. The lowest BCUT2D eigenvalue weighted by atomic mass is 10.1. The Labute approximate surface area is 183 Å². The maximum absolute atomic E-state index is 12.3. The van der Waals surface area contributed by atoms with E-state index < -0.39 is 5.91 Å². The highest BCUT2D eigenvalue weighted by atomic mass is 79.9. The minimum atomic E-state index is -0.490. The van der Waals surface area contributed by atoms with E-state index in [0.717, 1.165) is 0 Å². The van der Waals surface area contributed by atoms with Gasteiger partial charge < -0.3 is 19.7 Å². The Balaban J connectivity index is 1.63. The third kappa shape index (κ3) is 5.92. The summed E-state index contributed by atoms with van der Waals surface area (Å²) in [6.07, 6.45) is 1.49. The number of anilines is 1. The highest BCUT2D eigenvalue weighted by Gasteiger charge is 2.17. The molecule has 0 bridgehead atoms. The first-order valence-corrected chi connectivity index (χ1v) is 10.1. The number of hydrogen-bond acceptors (Lipinski definition) is 5. The highest BCUT2D eigenvalue weighted by molar-refractivity contribution is 9.10. The van der Waals surface area contributed by atoms with Gasteiger partial charge in [-0.1, -0.05) is 24.3 Å². The fourth-order valence-electron chi connectivity index (χ4n) is 2.80. The van der Waals surface area contributed by atoms with Crippen molar-refractivity contribution in [3.63, 3.8) is 0 Å². The SMILES string of the molecule is N#C/C(=C/c1ccc(OCC(=O)N2CCOCC2)c(Br)c1)C(=O)Nc1ccccc1. The summed E-state index contributed by atoms with van der Waals surface area (Å²) >= 11 is 3.41. The number of carbonyl (C=O) groups excluding carboxylic acids is 2. The molecular weight excluding hydrogens is 450 g/mol. The number of carbonyl (C=O) groups is 2. The van der Waals surface area contributed by atoms with Crippen LogP contribution in [0.1, 0.15) is 5.56 Å². The summed E-state index contributed by atoms with van der Waals surface area (Å²) < 4.78 is 11.5. The molecule has 8 heteroatoms. The van der Waals surface area contributed by atoms with E-state index in [2.05, 4.69) is 21.2 Å². The van der Waals surface area contributed by atoms with E-state index in [-0.39, 0.29) is 18.1 Å². The molecule has 1 aliphatic rings. The molecule has 30 heavy (non-hydrogen) atoms. The van der Waals surface area contributed by atoms with Crippen LogP contribution in [-0.4, -0.2) is 49.6 Å². The van der Waals surface area contributed by atoms with Crippen LogP contribution in [0.2, 0.25) is 0 Å². The van der Waals surface area contributed by atoms with Gasteiger partial charge in [0.15, 0.2) is 6.61 Å². The van der Waals surface area contributed by atoms with Gasteiger partial charge in [0.1, 0.15) is 17.4 Å². The second-order valence-corrected chi connectivity index (χ2v) is 7.32. The molecule has 2 aromatic carbocycles. The molecule has 0 aliphatic carbocycles. The molecule has 0 saturated carbocycles. The van der Waals surface area contributed by atoms with E-state index in [9.17, 15) is 14.9 Å². The molecule has 0 aromatic heterocycles. The normalized spacial score (nSPS) is 14.0. The molecule has 0 atom stereocenters. The summed E-state index contributed by atoms with van der Waals surface area (Å²) in [7, 11) is 0. The zero-order valence-electron chi connectivity index (χ0n) is 16.1. The third-order valence-electron chi connectivity index (χ3n) is 4.38. The maximum Gasteiger partial charge on any atom is 0.266 e. The first-order chi connectivity index (χ1) is 14.6. The lowest BCUT2D eigenvalue weighted by molar-refractivity contribution is -0.137. The van der Waals surface area contributed by atoms with E-state index in [4.69, 9.17) is 9.47 Å². The van der Waals surface area contributed by atoms with Gasteiger partial charge in [0.05, 0.1) is 17.7 Å². The average Bonchev–Trinajstić information content (AvgIpc) is 2.77. The average molecular weight is 470 g/mol. The molecule has 2 amide bonds. The Morgan fingerprint density at radius 2 is 1.93 bits per heavy atom. The van der Waals surface area contributed by atoms with Gasteiger partial charge in [0, 0.05) is 18.8 Å². The third-order valence-corrected chi connectivity index (χ3v) is 5.00. The minimum absolute atomic E-state index is 0.0260. The van der Waals surface area contributed by atoms with E-state index in [1.165, 1.54) is 6.08 Å². The van der Waals surface area contributed by atoms with Crippen molar-refractivity contribution in [1.29, 1.82) is 5.26 Å². The van der Waals surface area contributed by atoms with E-state index in [0.29, 0.717) is 47.8 Å². The van der Waals surface area contributed by atoms with Crippen molar-refractivity contribution >= 4 is 39.5 Å². The Bertz CT molecular complexity index is 980. The number of rotatable bonds is 6. The summed E-state index contributed by atoms with van der Waals surface area (Å²) in [5.41, 5.74) is 1.23. The summed E-state index contributed by atoms with van der Waals surface area (Å²) in [5.74, 6) is -0.0872. The van der Waals surface area contributed by atoms with Gasteiger partial charge in [-0.05, 0) is 51.8 Å². The van der Waals surface area contributed by atoms with E-state index in [1.54, 1.807) is 47.4 Å². The van der Waals surface area contributed by atoms with Gasteiger partial charge in [-0.2, -0.15) is 5.26 Å². The molecule has 154 valence electrons. The van der Waals surface area contributed by atoms with Crippen LogP contribution in [0.5, 0.6) is 5.75 Å². The van der Waals surface area contributed by atoms with Crippen molar-refractivity contribution < 1.29 is 19.1 Å². The Kier molecular flexibility index (Phi) is 7.60.